The van der Waals surface area contributed by atoms with E-state index in [1.165, 1.54) is 18.2 Å². The van der Waals surface area contributed by atoms with Crippen LogP contribution in [-0.2, 0) is 0 Å². The molecule has 0 bridgehead atoms. The Balaban J connectivity index is 1.31. The van der Waals surface area contributed by atoms with Crippen molar-refractivity contribution in [2.45, 2.75) is 0 Å². The molecule has 0 radical (unpaired) electrons. The van der Waals surface area contributed by atoms with E-state index in [9.17, 15) is 1.37 Å². The molecular weight excluding hydrogens is 516 g/mol. The highest BCUT2D eigenvalue weighted by atomic mass is 16.3. The average Bonchev–Trinajstić information content (AvgIpc) is 3.81. The molecule has 6 aromatic carbocycles. The fraction of sp³-hybridized carbons (Fsp3) is 0. The van der Waals surface area contributed by atoms with Gasteiger partial charge in [0.15, 0.2) is 5.58 Å². The van der Waals surface area contributed by atoms with E-state index in [4.69, 9.17) is 32.1 Å². The molecule has 0 aliphatic heterocycles. The zero-order chi connectivity index (χ0) is 43.3. The molecular formula is C38H22N2O2. The monoisotopic (exact) mass is 556 g/mol. The Morgan fingerprint density at radius 1 is 0.524 bits per heavy atom. The number of para-hydroxylation sites is 2. The van der Waals surface area contributed by atoms with E-state index in [0.717, 1.165) is 6.33 Å². The number of rotatable bonds is 3. The first-order valence-electron chi connectivity index (χ1n) is 21.5. The summed E-state index contributed by atoms with van der Waals surface area (Å²) in [6, 6.07) is -6.51. The standard InChI is InChI=1S/C38H22N2O2/c1-2-8-24-19-25(16-15-23(24)7-1)26-17-18-34-32(21-26)36-38(42-34)35(39-22-40-36)28-10-5-9-27(20-28)29-12-6-13-31-30-11-3-4-14-33(30)41-37(29)31/h1-22H/i1D,2D,3D,4D,5D,6D,7D,8D,9D,10D,11D,12D,13D,14D,15D,16D,19D,20D. The van der Waals surface area contributed by atoms with Gasteiger partial charge in [0, 0.05) is 27.3 Å². The Morgan fingerprint density at radius 2 is 1.33 bits per heavy atom. The Kier molecular flexibility index (Phi) is 2.46. The number of hydrogen-bond donors (Lipinski definition) is 0. The Bertz CT molecular complexity index is 3490. The summed E-state index contributed by atoms with van der Waals surface area (Å²) in [5, 5.41) is -0.759. The van der Waals surface area contributed by atoms with Crippen LogP contribution in [0.3, 0.4) is 0 Å². The molecule has 3 aromatic heterocycles. The largest absolute Gasteiger partial charge is 0.455 e. The minimum Gasteiger partial charge on any atom is -0.455 e. The highest BCUT2D eigenvalue weighted by Gasteiger charge is 2.17. The van der Waals surface area contributed by atoms with E-state index in [2.05, 4.69) is 9.97 Å². The molecule has 4 nitrogen and oxygen atoms in total. The van der Waals surface area contributed by atoms with Gasteiger partial charge in [0.25, 0.3) is 0 Å². The molecule has 3 heterocycles. The molecule has 0 amide bonds. The molecule has 0 fully saturated rings. The van der Waals surface area contributed by atoms with Gasteiger partial charge in [0.2, 0.25) is 0 Å². The van der Waals surface area contributed by atoms with E-state index in [-0.39, 0.29) is 66.0 Å². The molecule has 0 aliphatic rings. The molecule has 0 N–H and O–H groups in total. The lowest BCUT2D eigenvalue weighted by Crippen LogP contribution is -1.88. The minimum absolute atomic E-state index is 0.0988. The van der Waals surface area contributed by atoms with Gasteiger partial charge in [-0.15, -0.1) is 0 Å². The van der Waals surface area contributed by atoms with Crippen molar-refractivity contribution in [1.82, 2.24) is 9.97 Å². The number of furan rings is 2. The van der Waals surface area contributed by atoms with Crippen LogP contribution >= 0.6 is 0 Å². The average molecular weight is 557 g/mol. The summed E-state index contributed by atoms with van der Waals surface area (Å²) >= 11 is 0. The zero-order valence-electron chi connectivity index (χ0n) is 39.0. The van der Waals surface area contributed by atoms with Crippen LogP contribution in [0.1, 0.15) is 24.7 Å². The predicted molar refractivity (Wildman–Crippen MR) is 170 cm³/mol. The lowest BCUT2D eigenvalue weighted by atomic mass is 9.99. The maximum Gasteiger partial charge on any atom is 0.180 e. The van der Waals surface area contributed by atoms with E-state index < -0.39 is 131 Å². The highest BCUT2D eigenvalue weighted by molar-refractivity contribution is 6.10. The number of benzene rings is 6. The Hall–Kier alpha value is -5.74. The second-order valence-electron chi connectivity index (χ2n) is 9.22. The van der Waals surface area contributed by atoms with Gasteiger partial charge in [0.1, 0.15) is 34.3 Å². The van der Waals surface area contributed by atoms with E-state index in [1.807, 2.05) is 0 Å². The summed E-state index contributed by atoms with van der Waals surface area (Å²) in [5.74, 6) is 0. The minimum atomic E-state index is -0.734. The van der Waals surface area contributed by atoms with E-state index in [1.54, 1.807) is 0 Å². The van der Waals surface area contributed by atoms with Crippen LogP contribution in [0, 0.1) is 0 Å². The van der Waals surface area contributed by atoms with Gasteiger partial charge >= 0.3 is 0 Å². The van der Waals surface area contributed by atoms with Crippen molar-refractivity contribution in [1.29, 1.82) is 0 Å². The van der Waals surface area contributed by atoms with Gasteiger partial charge in [-0.05, 0) is 57.7 Å². The first kappa shape index (κ1) is 11.6. The maximum absolute atomic E-state index is 9.43. The molecule has 9 aromatic rings. The third-order valence-corrected chi connectivity index (χ3v) is 6.84. The smallest absolute Gasteiger partial charge is 0.180 e. The van der Waals surface area contributed by atoms with Crippen LogP contribution < -0.4 is 0 Å². The second-order valence-corrected chi connectivity index (χ2v) is 9.22. The van der Waals surface area contributed by atoms with Crippen LogP contribution in [0.4, 0.5) is 0 Å². The van der Waals surface area contributed by atoms with Crippen LogP contribution in [0.5, 0.6) is 0 Å². The molecule has 0 unspecified atom stereocenters. The van der Waals surface area contributed by atoms with Gasteiger partial charge in [-0.1, -0.05) is 96.7 Å². The number of fused-ring (bicyclic) bond motifs is 7. The van der Waals surface area contributed by atoms with Gasteiger partial charge in [-0.25, -0.2) is 9.97 Å². The van der Waals surface area contributed by atoms with Gasteiger partial charge in [-0.2, -0.15) is 0 Å². The quantitative estimate of drug-likeness (QED) is 0.217. The number of hydrogen-bond acceptors (Lipinski definition) is 4. The van der Waals surface area contributed by atoms with Gasteiger partial charge in [-0.3, -0.25) is 0 Å². The van der Waals surface area contributed by atoms with Crippen molar-refractivity contribution in [3.05, 3.63) is 133 Å². The van der Waals surface area contributed by atoms with Crippen LogP contribution in [-0.4, -0.2) is 9.97 Å². The van der Waals surface area contributed by atoms with Crippen molar-refractivity contribution in [2.75, 3.05) is 0 Å². The SMILES string of the molecule is [2H]c1c([2H])c(-c2ncnc3c2oc2ccc(-c4c([2H])c([2H])c5c([2H])c([2H])c([2H])c([2H])c5c4[2H])cc23)c([2H])c(-c2c([2H])c([2H])c([2H])c3c2oc2c([2H])c([2H])c([2H])c([2H])c23)c1[2H]. The first-order valence-corrected chi connectivity index (χ1v) is 12.5. The maximum atomic E-state index is 9.43. The molecule has 42 heavy (non-hydrogen) atoms. The summed E-state index contributed by atoms with van der Waals surface area (Å²) < 4.78 is 167. The molecule has 9 rings (SSSR count). The Morgan fingerprint density at radius 3 is 2.31 bits per heavy atom. The topological polar surface area (TPSA) is 52.1 Å². The van der Waals surface area contributed by atoms with Crippen molar-refractivity contribution >= 4 is 54.8 Å². The number of nitrogens with zero attached hydrogens (tertiary/aromatic N) is 2. The van der Waals surface area contributed by atoms with Crippen molar-refractivity contribution < 1.29 is 33.5 Å². The predicted octanol–water partition coefficient (Wildman–Crippen LogP) is 10.4. The summed E-state index contributed by atoms with van der Waals surface area (Å²) in [6.45, 7) is 0. The van der Waals surface area contributed by atoms with Crippen molar-refractivity contribution in [3.63, 3.8) is 0 Å². The fourth-order valence-electron chi connectivity index (χ4n) is 4.93. The summed E-state index contributed by atoms with van der Waals surface area (Å²) in [4.78, 5) is 8.67. The lowest BCUT2D eigenvalue weighted by molar-refractivity contribution is 0.667. The molecule has 4 heteroatoms. The lowest BCUT2D eigenvalue weighted by Gasteiger charge is -2.06. The summed E-state index contributed by atoms with van der Waals surface area (Å²) in [7, 11) is 0. The molecule has 0 spiro atoms. The van der Waals surface area contributed by atoms with Gasteiger partial charge < -0.3 is 8.83 Å². The second kappa shape index (κ2) is 8.88. The van der Waals surface area contributed by atoms with Crippen molar-refractivity contribution in [3.8, 4) is 33.5 Å². The van der Waals surface area contributed by atoms with Crippen LogP contribution in [0.15, 0.2) is 142 Å². The third-order valence-electron chi connectivity index (χ3n) is 6.84. The third kappa shape index (κ3) is 3.49. The molecule has 0 saturated carbocycles. The molecule has 0 atom stereocenters. The van der Waals surface area contributed by atoms with Gasteiger partial charge in [0.05, 0.1) is 24.7 Å². The van der Waals surface area contributed by atoms with E-state index in [0.29, 0.717) is 0 Å². The van der Waals surface area contributed by atoms with E-state index >= 15 is 0 Å². The molecule has 0 aliphatic carbocycles. The first-order chi connectivity index (χ1) is 28.3. The van der Waals surface area contributed by atoms with Crippen molar-refractivity contribution in [2.24, 2.45) is 0 Å². The normalized spacial score (nSPS) is 17.8. The van der Waals surface area contributed by atoms with Crippen LogP contribution in [0.2, 0.25) is 0 Å². The highest BCUT2D eigenvalue weighted by Crippen LogP contribution is 2.39. The Labute approximate surface area is 265 Å². The van der Waals surface area contributed by atoms with Crippen LogP contribution in [0.25, 0.3) is 88.3 Å². The molecule has 196 valence electrons. The summed E-state index contributed by atoms with van der Waals surface area (Å²) in [6.07, 6.45) is 1.09. The summed E-state index contributed by atoms with van der Waals surface area (Å²) in [5.41, 5.74) is -2.02. The zero-order valence-corrected chi connectivity index (χ0v) is 21.0. The number of aromatic nitrogens is 2. The molecule has 0 saturated heterocycles. The fourth-order valence-corrected chi connectivity index (χ4v) is 4.93.